The molecule has 0 unspecified atom stereocenters. The highest BCUT2D eigenvalue weighted by Gasteiger charge is 2.31. The molecule has 0 saturated carbocycles. The molecule has 0 bridgehead atoms. The number of aromatic nitrogens is 2. The highest BCUT2D eigenvalue weighted by atomic mass is 19.4. The van der Waals surface area contributed by atoms with E-state index >= 15 is 0 Å². The van der Waals surface area contributed by atoms with Crippen LogP contribution >= 0.6 is 0 Å². The number of ether oxygens (including phenoxy) is 2. The van der Waals surface area contributed by atoms with E-state index in [-0.39, 0.29) is 24.0 Å². The van der Waals surface area contributed by atoms with Gasteiger partial charge in [0, 0.05) is 19.7 Å². The zero-order valence-corrected chi connectivity index (χ0v) is 16.4. The van der Waals surface area contributed by atoms with Gasteiger partial charge in [-0.1, -0.05) is 25.1 Å². The molecule has 0 saturated heterocycles. The van der Waals surface area contributed by atoms with Crippen molar-refractivity contribution in [3.05, 3.63) is 71.5 Å². The van der Waals surface area contributed by atoms with Gasteiger partial charge in [-0.3, -0.25) is 9.48 Å². The minimum absolute atomic E-state index is 0.194. The standard InChI is InChI=1S/C21H20F3N3O3/c1-3-15-11-19(27(2)26-15)20(28)25-13-14-6-4-7-16(10-14)29-17-8-5-9-18(12-17)30-21(22,23)24/h4-12H,3,13H2,1-2H3,(H,25,28). The number of nitrogens with zero attached hydrogens (tertiary/aromatic N) is 2. The van der Waals surface area contributed by atoms with Gasteiger partial charge in [-0.15, -0.1) is 13.2 Å². The van der Waals surface area contributed by atoms with E-state index < -0.39 is 6.36 Å². The first-order valence-electron chi connectivity index (χ1n) is 9.17. The van der Waals surface area contributed by atoms with Gasteiger partial charge in [0.05, 0.1) is 5.69 Å². The molecular weight excluding hydrogens is 399 g/mol. The van der Waals surface area contributed by atoms with Crippen LogP contribution in [0.4, 0.5) is 13.2 Å². The third-order valence-corrected chi connectivity index (χ3v) is 4.15. The third kappa shape index (κ3) is 5.76. The Hall–Kier alpha value is -3.49. The molecule has 6 nitrogen and oxygen atoms in total. The van der Waals surface area contributed by atoms with Gasteiger partial charge in [0.25, 0.3) is 5.91 Å². The first kappa shape index (κ1) is 21.2. The van der Waals surface area contributed by atoms with E-state index in [0.717, 1.165) is 23.7 Å². The molecule has 1 aromatic heterocycles. The maximum Gasteiger partial charge on any atom is 0.573 e. The van der Waals surface area contributed by atoms with Gasteiger partial charge < -0.3 is 14.8 Å². The number of alkyl halides is 3. The summed E-state index contributed by atoms with van der Waals surface area (Å²) < 4.78 is 48.2. The predicted molar refractivity (Wildman–Crippen MR) is 103 cm³/mol. The molecule has 0 aliphatic heterocycles. The van der Waals surface area contributed by atoms with Crippen molar-refractivity contribution in [2.24, 2.45) is 7.05 Å². The summed E-state index contributed by atoms with van der Waals surface area (Å²) in [6, 6.07) is 13.9. The minimum atomic E-state index is -4.78. The maximum absolute atomic E-state index is 12.4. The summed E-state index contributed by atoms with van der Waals surface area (Å²) in [5.41, 5.74) is 2.05. The summed E-state index contributed by atoms with van der Waals surface area (Å²) in [7, 11) is 1.71. The minimum Gasteiger partial charge on any atom is -0.457 e. The van der Waals surface area contributed by atoms with E-state index in [2.05, 4.69) is 15.2 Å². The Morgan fingerprint density at radius 3 is 2.40 bits per heavy atom. The third-order valence-electron chi connectivity index (χ3n) is 4.15. The molecule has 0 radical (unpaired) electrons. The largest absolute Gasteiger partial charge is 0.573 e. The van der Waals surface area contributed by atoms with E-state index in [0.29, 0.717) is 11.4 Å². The number of aryl methyl sites for hydroxylation is 2. The van der Waals surface area contributed by atoms with Crippen LogP contribution in [0.25, 0.3) is 0 Å². The Balaban J connectivity index is 1.64. The van der Waals surface area contributed by atoms with Crippen molar-refractivity contribution < 1.29 is 27.4 Å². The average molecular weight is 419 g/mol. The lowest BCUT2D eigenvalue weighted by atomic mass is 10.2. The SMILES string of the molecule is CCc1cc(C(=O)NCc2cccc(Oc3cccc(OC(F)(F)F)c3)c2)n(C)n1. The first-order valence-corrected chi connectivity index (χ1v) is 9.17. The zero-order valence-electron chi connectivity index (χ0n) is 16.4. The van der Waals surface area contributed by atoms with Crippen molar-refractivity contribution in [3.8, 4) is 17.2 Å². The molecule has 1 heterocycles. The van der Waals surface area contributed by atoms with E-state index in [1.54, 1.807) is 37.4 Å². The van der Waals surface area contributed by atoms with Crippen molar-refractivity contribution in [3.63, 3.8) is 0 Å². The van der Waals surface area contributed by atoms with Gasteiger partial charge in [-0.05, 0) is 42.3 Å². The van der Waals surface area contributed by atoms with Gasteiger partial charge in [-0.2, -0.15) is 5.10 Å². The number of rotatable bonds is 7. The summed E-state index contributed by atoms with van der Waals surface area (Å²) in [5.74, 6) is -0.0151. The van der Waals surface area contributed by atoms with Gasteiger partial charge in [0.1, 0.15) is 22.9 Å². The molecular formula is C21H20F3N3O3. The molecule has 0 fully saturated rings. The van der Waals surface area contributed by atoms with Gasteiger partial charge in [-0.25, -0.2) is 0 Å². The number of benzene rings is 2. The Labute approximate surface area is 171 Å². The van der Waals surface area contributed by atoms with E-state index in [9.17, 15) is 18.0 Å². The molecule has 158 valence electrons. The number of carbonyl (C=O) groups is 1. The fourth-order valence-electron chi connectivity index (χ4n) is 2.77. The molecule has 3 rings (SSSR count). The van der Waals surface area contributed by atoms with Crippen LogP contribution in [0.2, 0.25) is 0 Å². The summed E-state index contributed by atoms with van der Waals surface area (Å²) in [6.45, 7) is 2.21. The fraction of sp³-hybridized carbons (Fsp3) is 0.238. The van der Waals surface area contributed by atoms with Crippen LogP contribution < -0.4 is 14.8 Å². The van der Waals surface area contributed by atoms with E-state index in [1.165, 1.54) is 22.9 Å². The number of nitrogens with one attached hydrogen (secondary N) is 1. The lowest BCUT2D eigenvalue weighted by molar-refractivity contribution is -0.274. The fourth-order valence-corrected chi connectivity index (χ4v) is 2.77. The molecule has 0 atom stereocenters. The van der Waals surface area contributed by atoms with Crippen molar-refractivity contribution >= 4 is 5.91 Å². The first-order chi connectivity index (χ1) is 14.2. The average Bonchev–Trinajstić information content (AvgIpc) is 3.06. The number of hydrogen-bond acceptors (Lipinski definition) is 4. The van der Waals surface area contributed by atoms with Crippen LogP contribution in [0.3, 0.4) is 0 Å². The molecule has 0 aliphatic rings. The summed E-state index contributed by atoms with van der Waals surface area (Å²) in [5, 5.41) is 7.07. The van der Waals surface area contributed by atoms with Crippen LogP contribution in [-0.4, -0.2) is 22.1 Å². The van der Waals surface area contributed by atoms with Gasteiger partial charge >= 0.3 is 6.36 Å². The van der Waals surface area contributed by atoms with Crippen LogP contribution in [0.15, 0.2) is 54.6 Å². The van der Waals surface area contributed by atoms with Crippen molar-refractivity contribution in [2.45, 2.75) is 26.3 Å². The molecule has 0 spiro atoms. The van der Waals surface area contributed by atoms with Gasteiger partial charge in [0.2, 0.25) is 0 Å². The Morgan fingerprint density at radius 2 is 1.73 bits per heavy atom. The molecule has 1 N–H and O–H groups in total. The molecule has 9 heteroatoms. The van der Waals surface area contributed by atoms with Crippen molar-refractivity contribution in [1.82, 2.24) is 15.1 Å². The Morgan fingerprint density at radius 1 is 1.07 bits per heavy atom. The van der Waals surface area contributed by atoms with Crippen molar-refractivity contribution in [1.29, 1.82) is 0 Å². The topological polar surface area (TPSA) is 65.4 Å². The second-order valence-electron chi connectivity index (χ2n) is 6.45. The van der Waals surface area contributed by atoms with Crippen LogP contribution in [0.5, 0.6) is 17.2 Å². The van der Waals surface area contributed by atoms with Crippen LogP contribution in [0.1, 0.15) is 28.7 Å². The quantitative estimate of drug-likeness (QED) is 0.608. The highest BCUT2D eigenvalue weighted by Crippen LogP contribution is 2.29. The summed E-state index contributed by atoms with van der Waals surface area (Å²) in [6.07, 6.45) is -4.04. The number of hydrogen-bond donors (Lipinski definition) is 1. The zero-order chi connectivity index (χ0) is 21.7. The lowest BCUT2D eigenvalue weighted by Gasteiger charge is -2.11. The number of carbonyl (C=O) groups excluding carboxylic acids is 1. The monoisotopic (exact) mass is 419 g/mol. The molecule has 3 aromatic rings. The second kappa shape index (κ2) is 8.89. The molecule has 1 amide bonds. The van der Waals surface area contributed by atoms with Gasteiger partial charge in [0.15, 0.2) is 0 Å². The van der Waals surface area contributed by atoms with E-state index in [1.807, 2.05) is 6.92 Å². The highest BCUT2D eigenvalue weighted by molar-refractivity contribution is 5.92. The predicted octanol–water partition coefficient (Wildman–Crippen LogP) is 4.60. The smallest absolute Gasteiger partial charge is 0.457 e. The molecule has 2 aromatic carbocycles. The Bertz CT molecular complexity index is 1030. The summed E-state index contributed by atoms with van der Waals surface area (Å²) >= 11 is 0. The maximum atomic E-state index is 12.4. The Kier molecular flexibility index (Phi) is 6.29. The van der Waals surface area contributed by atoms with E-state index in [4.69, 9.17) is 4.74 Å². The second-order valence-corrected chi connectivity index (χ2v) is 6.45. The molecule has 0 aliphatic carbocycles. The van der Waals surface area contributed by atoms with Crippen LogP contribution in [0, 0.1) is 0 Å². The number of halogens is 3. The molecule has 30 heavy (non-hydrogen) atoms. The number of amides is 1. The van der Waals surface area contributed by atoms with Crippen LogP contribution in [-0.2, 0) is 20.0 Å². The van der Waals surface area contributed by atoms with Crippen molar-refractivity contribution in [2.75, 3.05) is 0 Å². The normalized spacial score (nSPS) is 11.2. The lowest BCUT2D eigenvalue weighted by Crippen LogP contribution is -2.25. The summed E-state index contributed by atoms with van der Waals surface area (Å²) in [4.78, 5) is 12.4.